The summed E-state index contributed by atoms with van der Waals surface area (Å²) in [6.45, 7) is 4.35. The molecular formula is C25H22FN7O2. The summed E-state index contributed by atoms with van der Waals surface area (Å²) >= 11 is 0. The van der Waals surface area contributed by atoms with Gasteiger partial charge in [0.2, 0.25) is 0 Å². The first-order valence-electron chi connectivity index (χ1n) is 11.1. The van der Waals surface area contributed by atoms with Crippen molar-refractivity contribution in [2.45, 2.75) is 33.4 Å². The number of nitrogens with one attached hydrogen (secondary N) is 1. The summed E-state index contributed by atoms with van der Waals surface area (Å²) in [6.07, 6.45) is 2.14. The van der Waals surface area contributed by atoms with Gasteiger partial charge < -0.3 is 14.6 Å². The molecule has 3 heterocycles. The molecule has 10 heteroatoms. The van der Waals surface area contributed by atoms with Gasteiger partial charge in [0.05, 0.1) is 17.9 Å². The zero-order chi connectivity index (χ0) is 24.2. The normalized spacial score (nSPS) is 11.1. The van der Waals surface area contributed by atoms with E-state index >= 15 is 0 Å². The fraction of sp³-hybridized carbons (Fsp3) is 0.200. The number of fused-ring (bicyclic) bond motifs is 1. The van der Waals surface area contributed by atoms with Crippen molar-refractivity contribution in [2.24, 2.45) is 0 Å². The number of hydrogen-bond acceptors (Lipinski definition) is 9. The van der Waals surface area contributed by atoms with E-state index in [4.69, 9.17) is 9.26 Å². The molecule has 0 bridgehead atoms. The average molecular weight is 471 g/mol. The predicted molar refractivity (Wildman–Crippen MR) is 127 cm³/mol. The summed E-state index contributed by atoms with van der Waals surface area (Å²) in [4.78, 5) is 13.2. The molecule has 0 saturated heterocycles. The van der Waals surface area contributed by atoms with E-state index in [1.54, 1.807) is 12.1 Å². The predicted octanol–water partition coefficient (Wildman–Crippen LogP) is 4.67. The molecule has 0 aliphatic rings. The molecule has 5 aromatic rings. The molecule has 9 nitrogen and oxygen atoms in total. The van der Waals surface area contributed by atoms with E-state index in [-0.39, 0.29) is 12.4 Å². The number of hydrogen-bond donors (Lipinski definition) is 1. The quantitative estimate of drug-likeness (QED) is 0.345. The first kappa shape index (κ1) is 22.3. The van der Waals surface area contributed by atoms with E-state index in [0.29, 0.717) is 41.8 Å². The number of ether oxygens (including phenoxy) is 1. The number of halogens is 1. The Bertz CT molecular complexity index is 1450. The minimum absolute atomic E-state index is 0.0840. The molecule has 0 saturated carbocycles. The summed E-state index contributed by atoms with van der Waals surface area (Å²) in [5.41, 5.74) is 3.87. The van der Waals surface area contributed by atoms with Crippen LogP contribution in [0.4, 0.5) is 10.2 Å². The van der Waals surface area contributed by atoms with E-state index in [0.717, 1.165) is 27.9 Å². The van der Waals surface area contributed by atoms with Crippen LogP contribution >= 0.6 is 0 Å². The zero-order valence-electron chi connectivity index (χ0n) is 19.2. The van der Waals surface area contributed by atoms with Gasteiger partial charge in [0, 0.05) is 11.8 Å². The van der Waals surface area contributed by atoms with Crippen molar-refractivity contribution < 1.29 is 13.7 Å². The highest BCUT2D eigenvalue weighted by Gasteiger charge is 2.15. The van der Waals surface area contributed by atoms with Crippen molar-refractivity contribution in [3.8, 4) is 16.9 Å². The van der Waals surface area contributed by atoms with Crippen molar-refractivity contribution in [3.63, 3.8) is 0 Å². The largest absolute Gasteiger partial charge is 0.481 e. The maximum absolute atomic E-state index is 13.5. The number of aromatic nitrogens is 6. The van der Waals surface area contributed by atoms with Gasteiger partial charge in [-0.15, -0.1) is 0 Å². The van der Waals surface area contributed by atoms with Gasteiger partial charge in [-0.1, -0.05) is 24.2 Å². The lowest BCUT2D eigenvalue weighted by Crippen LogP contribution is -2.06. The molecule has 0 spiro atoms. The second kappa shape index (κ2) is 9.80. The van der Waals surface area contributed by atoms with Gasteiger partial charge in [-0.25, -0.2) is 14.4 Å². The molecule has 1 N–H and O–H groups in total. The van der Waals surface area contributed by atoms with E-state index < -0.39 is 0 Å². The molecule has 35 heavy (non-hydrogen) atoms. The molecule has 176 valence electrons. The minimum Gasteiger partial charge on any atom is -0.481 e. The highest BCUT2D eigenvalue weighted by Crippen LogP contribution is 2.34. The third-order valence-corrected chi connectivity index (χ3v) is 5.35. The highest BCUT2D eigenvalue weighted by atomic mass is 19.1. The lowest BCUT2D eigenvalue weighted by atomic mass is 10.0. The fourth-order valence-corrected chi connectivity index (χ4v) is 3.52. The zero-order valence-corrected chi connectivity index (χ0v) is 19.2. The second-order valence-electron chi connectivity index (χ2n) is 7.87. The third kappa shape index (κ3) is 5.06. The SMILES string of the molecule is CCc1noc(COc2cc(-c3ccc(F)cc3)cc3c(NCc4ccc(C)nn4)ncnc23)n1. The van der Waals surface area contributed by atoms with Gasteiger partial charge >= 0.3 is 0 Å². The van der Waals surface area contributed by atoms with Crippen molar-refractivity contribution in [3.05, 3.63) is 83.8 Å². The molecule has 0 unspecified atom stereocenters. The van der Waals surface area contributed by atoms with Crippen LogP contribution in [-0.4, -0.2) is 30.3 Å². The van der Waals surface area contributed by atoms with Crippen LogP contribution in [0.1, 0.15) is 30.0 Å². The Labute approximate surface area is 200 Å². The number of anilines is 1. The maximum Gasteiger partial charge on any atom is 0.264 e. The molecule has 0 radical (unpaired) electrons. The summed E-state index contributed by atoms with van der Waals surface area (Å²) in [5.74, 6) is 1.80. The maximum atomic E-state index is 13.5. The van der Waals surface area contributed by atoms with E-state index in [1.165, 1.54) is 18.5 Å². The van der Waals surface area contributed by atoms with Crippen LogP contribution in [0.25, 0.3) is 22.0 Å². The number of nitrogens with zero attached hydrogens (tertiary/aromatic N) is 6. The summed E-state index contributed by atoms with van der Waals surface area (Å²) in [7, 11) is 0. The molecule has 0 fully saturated rings. The lowest BCUT2D eigenvalue weighted by molar-refractivity contribution is 0.244. The van der Waals surface area contributed by atoms with Gasteiger partial charge in [-0.05, 0) is 54.4 Å². The number of rotatable bonds is 8. The van der Waals surface area contributed by atoms with Crippen molar-refractivity contribution in [1.29, 1.82) is 0 Å². The monoisotopic (exact) mass is 471 g/mol. The summed E-state index contributed by atoms with van der Waals surface area (Å²) in [6, 6.07) is 13.9. The van der Waals surface area contributed by atoms with E-state index in [9.17, 15) is 4.39 Å². The molecular weight excluding hydrogens is 449 g/mol. The molecule has 0 aliphatic heterocycles. The Morgan fingerprint density at radius 2 is 1.86 bits per heavy atom. The highest BCUT2D eigenvalue weighted by molar-refractivity contribution is 5.96. The van der Waals surface area contributed by atoms with Gasteiger partial charge in [-0.3, -0.25) is 0 Å². The molecule has 0 aliphatic carbocycles. The third-order valence-electron chi connectivity index (χ3n) is 5.35. The molecule has 3 aromatic heterocycles. The Hall–Kier alpha value is -4.47. The lowest BCUT2D eigenvalue weighted by Gasteiger charge is -2.13. The van der Waals surface area contributed by atoms with E-state index in [2.05, 4.69) is 35.6 Å². The molecule has 0 amide bonds. The first-order valence-corrected chi connectivity index (χ1v) is 11.1. The minimum atomic E-state index is -0.306. The Morgan fingerprint density at radius 3 is 2.60 bits per heavy atom. The fourth-order valence-electron chi connectivity index (χ4n) is 3.52. The Balaban J connectivity index is 1.52. The van der Waals surface area contributed by atoms with Crippen LogP contribution in [0.5, 0.6) is 5.75 Å². The van der Waals surface area contributed by atoms with Gasteiger partial charge in [0.25, 0.3) is 5.89 Å². The first-order chi connectivity index (χ1) is 17.1. The van der Waals surface area contributed by atoms with Gasteiger partial charge in [-0.2, -0.15) is 15.2 Å². The molecule has 2 aromatic carbocycles. The molecule has 0 atom stereocenters. The van der Waals surface area contributed by atoms with Crippen LogP contribution in [-0.2, 0) is 19.6 Å². The van der Waals surface area contributed by atoms with Crippen LogP contribution in [0.3, 0.4) is 0 Å². The number of aryl methyl sites for hydroxylation is 2. The van der Waals surface area contributed by atoms with Crippen molar-refractivity contribution >= 4 is 16.7 Å². The van der Waals surface area contributed by atoms with Gasteiger partial charge in [0.1, 0.15) is 29.2 Å². The van der Waals surface area contributed by atoms with Gasteiger partial charge in [0.15, 0.2) is 12.4 Å². The van der Waals surface area contributed by atoms with E-state index in [1.807, 2.05) is 38.1 Å². The summed E-state index contributed by atoms with van der Waals surface area (Å²) in [5, 5.41) is 16.3. The van der Waals surface area contributed by atoms with Crippen molar-refractivity contribution in [2.75, 3.05) is 5.32 Å². The summed E-state index contributed by atoms with van der Waals surface area (Å²) < 4.78 is 24.9. The Kier molecular flexibility index (Phi) is 6.25. The Morgan fingerprint density at radius 1 is 1.00 bits per heavy atom. The van der Waals surface area contributed by atoms with Crippen LogP contribution in [0.15, 0.2) is 59.4 Å². The number of benzene rings is 2. The standard InChI is InChI=1S/C25H22FN7O2/c1-3-22-30-23(35-33-22)13-34-21-11-17(16-5-7-18(26)8-6-16)10-20-24(21)28-14-29-25(20)27-12-19-9-4-15(2)31-32-19/h4-11,14H,3,12-13H2,1-2H3,(H,27,28,29). The van der Waals surface area contributed by atoms with Crippen molar-refractivity contribution in [1.82, 2.24) is 30.3 Å². The van der Waals surface area contributed by atoms with Crippen LogP contribution in [0.2, 0.25) is 0 Å². The average Bonchev–Trinajstić information content (AvgIpc) is 3.35. The van der Waals surface area contributed by atoms with Crippen LogP contribution < -0.4 is 10.1 Å². The second-order valence-corrected chi connectivity index (χ2v) is 7.87. The van der Waals surface area contributed by atoms with Crippen LogP contribution in [0, 0.1) is 12.7 Å². The molecule has 5 rings (SSSR count). The smallest absolute Gasteiger partial charge is 0.264 e. The topological polar surface area (TPSA) is 112 Å².